The molecule has 0 radical (unpaired) electrons. The minimum absolute atomic E-state index is 0.0206. The van der Waals surface area contributed by atoms with Gasteiger partial charge >= 0.3 is 0 Å². The van der Waals surface area contributed by atoms with Gasteiger partial charge in [-0.3, -0.25) is 0 Å². The van der Waals surface area contributed by atoms with Crippen molar-refractivity contribution in [2.45, 2.75) is 97.0 Å². The van der Waals surface area contributed by atoms with E-state index < -0.39 is 36.2 Å². The molecule has 2 aromatic heterocycles. The lowest BCUT2D eigenvalue weighted by Gasteiger charge is -2.36. The monoisotopic (exact) mass is 864 g/mol. The normalized spacial score (nSPS) is 20.8. The molecule has 2 aliphatic rings. The molecule has 4 atom stereocenters. The smallest absolute Gasteiger partial charge is 0.188 e. The zero-order valence-corrected chi connectivity index (χ0v) is 35.2. The van der Waals surface area contributed by atoms with Gasteiger partial charge < -0.3 is 19.3 Å². The number of benzene rings is 2. The summed E-state index contributed by atoms with van der Waals surface area (Å²) in [6, 6.07) is 4.81. The first-order valence-corrected chi connectivity index (χ1v) is 23.2. The van der Waals surface area contributed by atoms with Crippen molar-refractivity contribution in [3.05, 3.63) is 79.1 Å². The summed E-state index contributed by atoms with van der Waals surface area (Å²) in [6.07, 6.45) is 10.6. The van der Waals surface area contributed by atoms with E-state index in [9.17, 15) is 25.6 Å². The Hall–Kier alpha value is -2.44. The third kappa shape index (κ3) is 10.9. The second-order valence-corrected chi connectivity index (χ2v) is 20.4. The molecule has 0 amide bonds. The number of hydrogen-bond donors (Lipinski definition) is 0. The molecule has 0 saturated heterocycles. The fourth-order valence-electron chi connectivity index (χ4n) is 6.75. The number of ether oxygens (including phenoxy) is 2. The van der Waals surface area contributed by atoms with Crippen LogP contribution in [-0.2, 0) is 31.2 Å². The highest BCUT2D eigenvalue weighted by Crippen LogP contribution is 2.37. The summed E-state index contributed by atoms with van der Waals surface area (Å²) in [5.41, 5.74) is 0. The van der Waals surface area contributed by atoms with E-state index in [2.05, 4.69) is 19.8 Å². The summed E-state index contributed by atoms with van der Waals surface area (Å²) in [7, 11) is 0.243. The molecule has 2 heterocycles. The molecule has 10 nitrogen and oxygen atoms in total. The van der Waals surface area contributed by atoms with E-state index in [1.165, 1.54) is 28.9 Å². The molecule has 54 heavy (non-hydrogen) atoms. The first-order chi connectivity index (χ1) is 25.6. The average molecular weight is 866 g/mol. The molecule has 2 saturated carbocycles. The summed E-state index contributed by atoms with van der Waals surface area (Å²) in [5.74, 6) is -1.98. The fourth-order valence-corrected chi connectivity index (χ4v) is 12.0. The van der Waals surface area contributed by atoms with E-state index in [4.69, 9.17) is 32.7 Å². The molecule has 2 unspecified atom stereocenters. The third-order valence-electron chi connectivity index (χ3n) is 9.46. The summed E-state index contributed by atoms with van der Waals surface area (Å²) >= 11 is 14.6. The topological polar surface area (TPSA) is 119 Å². The van der Waals surface area contributed by atoms with E-state index in [-0.39, 0.29) is 62.2 Å². The molecular formula is C36H44Cl2F2N4O6S4. The second kappa shape index (κ2) is 18.7. The Morgan fingerprint density at radius 1 is 0.667 bits per heavy atom. The highest BCUT2D eigenvalue weighted by atomic mass is 35.5. The zero-order chi connectivity index (χ0) is 39.2. The van der Waals surface area contributed by atoms with E-state index >= 15 is 0 Å². The van der Waals surface area contributed by atoms with Gasteiger partial charge in [-0.2, -0.15) is 0 Å². The standard InChI is InChI=1S/2C18H22ClFN2O3S2/c1-22(2)14-5-3-4-6-15(14)25-16-10-13(20)17(9-12(16)19)27(23,24)11-18-21-7-8-26-18;1-22(2)14-5-3-4-6-15(14)25-16-10-13(20)12(19)9-17(16)27(23,24)11-18-21-7-8-26-18/h2*7-10,14-15H,3-6,11H2,1-2H3/t2*14-,15?/m00/s1. The molecular weight excluding hydrogens is 822 g/mol. The van der Waals surface area contributed by atoms with Crippen molar-refractivity contribution in [3.8, 4) is 11.5 Å². The number of halogens is 4. The third-order valence-corrected chi connectivity index (χ3v) is 15.2. The van der Waals surface area contributed by atoms with Crippen LogP contribution in [0.25, 0.3) is 0 Å². The number of nitrogens with zero attached hydrogens (tertiary/aromatic N) is 4. The van der Waals surface area contributed by atoms with Gasteiger partial charge in [-0.15, -0.1) is 22.7 Å². The largest absolute Gasteiger partial charge is 0.487 e. The average Bonchev–Trinajstić information content (AvgIpc) is 3.82. The molecule has 6 rings (SSSR count). The first-order valence-electron chi connectivity index (χ1n) is 17.4. The fraction of sp³-hybridized carbons (Fsp3) is 0.500. The predicted octanol–water partition coefficient (Wildman–Crippen LogP) is 8.32. The highest BCUT2D eigenvalue weighted by molar-refractivity contribution is 7.91. The predicted molar refractivity (Wildman–Crippen MR) is 210 cm³/mol. The van der Waals surface area contributed by atoms with Gasteiger partial charge in [0, 0.05) is 47.4 Å². The van der Waals surface area contributed by atoms with Crippen molar-refractivity contribution in [1.82, 2.24) is 19.8 Å². The maximum absolute atomic E-state index is 14.6. The Labute approximate surface area is 334 Å². The van der Waals surface area contributed by atoms with Crippen LogP contribution in [0.2, 0.25) is 10.0 Å². The Balaban J connectivity index is 0.000000208. The number of rotatable bonds is 12. The number of sulfone groups is 2. The summed E-state index contributed by atoms with van der Waals surface area (Å²) in [5, 5.41) is 4.11. The molecule has 0 aliphatic heterocycles. The van der Waals surface area contributed by atoms with E-state index in [1.54, 1.807) is 17.0 Å². The molecule has 0 bridgehead atoms. The van der Waals surface area contributed by atoms with Crippen molar-refractivity contribution in [2.24, 2.45) is 0 Å². The van der Waals surface area contributed by atoms with Gasteiger partial charge in [0.05, 0.1) is 10.0 Å². The van der Waals surface area contributed by atoms with Crippen molar-refractivity contribution in [3.63, 3.8) is 0 Å². The lowest BCUT2D eigenvalue weighted by atomic mass is 9.91. The minimum atomic E-state index is -3.89. The number of aromatic nitrogens is 2. The van der Waals surface area contributed by atoms with Crippen molar-refractivity contribution < 1.29 is 35.1 Å². The van der Waals surface area contributed by atoms with E-state index in [0.717, 1.165) is 75.6 Å². The van der Waals surface area contributed by atoms with Crippen molar-refractivity contribution in [2.75, 3.05) is 28.2 Å². The number of thiazole rings is 2. The van der Waals surface area contributed by atoms with Gasteiger partial charge in [-0.1, -0.05) is 36.0 Å². The van der Waals surface area contributed by atoms with Gasteiger partial charge in [0.2, 0.25) is 0 Å². The molecule has 2 fully saturated rings. The van der Waals surface area contributed by atoms with E-state index in [1.807, 2.05) is 28.2 Å². The van der Waals surface area contributed by atoms with Crippen molar-refractivity contribution >= 4 is 65.5 Å². The van der Waals surface area contributed by atoms with Crippen molar-refractivity contribution in [1.29, 1.82) is 0 Å². The maximum Gasteiger partial charge on any atom is 0.188 e. The summed E-state index contributed by atoms with van der Waals surface area (Å²) in [4.78, 5) is 11.6. The second-order valence-electron chi connectivity index (χ2n) is 13.7. The van der Waals surface area contributed by atoms with Gasteiger partial charge in [-0.25, -0.2) is 35.6 Å². The van der Waals surface area contributed by atoms with Gasteiger partial charge in [-0.05, 0) is 78.8 Å². The molecule has 0 N–H and O–H groups in total. The van der Waals surface area contributed by atoms with Crippen LogP contribution in [-0.4, -0.2) is 89.1 Å². The molecule has 0 spiro atoms. The van der Waals surface area contributed by atoms with Crippen LogP contribution in [0, 0.1) is 11.6 Å². The molecule has 2 aliphatic carbocycles. The first kappa shape index (κ1) is 42.7. The summed E-state index contributed by atoms with van der Waals surface area (Å²) in [6.45, 7) is 0. The van der Waals surface area contributed by atoms with Crippen LogP contribution >= 0.6 is 45.9 Å². The molecule has 4 aromatic rings. The molecule has 296 valence electrons. The lowest BCUT2D eigenvalue weighted by Crippen LogP contribution is -2.44. The van der Waals surface area contributed by atoms with Crippen LogP contribution in [0.5, 0.6) is 11.5 Å². The quantitative estimate of drug-likeness (QED) is 0.129. The Bertz CT molecular complexity index is 2070. The number of likely N-dealkylation sites (N-methyl/N-ethyl adjacent to an activating group) is 2. The van der Waals surface area contributed by atoms with Gasteiger partial charge in [0.1, 0.15) is 66.7 Å². The van der Waals surface area contributed by atoms with Crippen LogP contribution in [0.3, 0.4) is 0 Å². The SMILES string of the molecule is CN(C)[C@H]1CCCCC1Oc1cc(F)c(Cl)cc1S(=O)(=O)Cc1nccs1.CN(C)[C@H]1CCCCC1Oc1cc(F)c(S(=O)(=O)Cc2nccs2)cc1Cl. The van der Waals surface area contributed by atoms with Crippen LogP contribution in [0.1, 0.15) is 61.4 Å². The van der Waals surface area contributed by atoms with Crippen LogP contribution in [0.4, 0.5) is 8.78 Å². The Morgan fingerprint density at radius 3 is 1.59 bits per heavy atom. The van der Waals surface area contributed by atoms with Gasteiger partial charge in [0.15, 0.2) is 19.7 Å². The maximum atomic E-state index is 14.6. The molecule has 18 heteroatoms. The lowest BCUT2D eigenvalue weighted by molar-refractivity contribution is 0.0598. The summed E-state index contributed by atoms with van der Waals surface area (Å²) < 4.78 is 91.7. The van der Waals surface area contributed by atoms with Crippen LogP contribution < -0.4 is 9.47 Å². The van der Waals surface area contributed by atoms with Gasteiger partial charge in [0.25, 0.3) is 0 Å². The van der Waals surface area contributed by atoms with Crippen LogP contribution in [0.15, 0.2) is 57.2 Å². The number of hydrogen-bond acceptors (Lipinski definition) is 12. The molecule has 2 aromatic carbocycles. The Kier molecular flexibility index (Phi) is 14.8. The minimum Gasteiger partial charge on any atom is -0.487 e. The Morgan fingerprint density at radius 2 is 1.11 bits per heavy atom. The highest BCUT2D eigenvalue weighted by Gasteiger charge is 2.33. The van der Waals surface area contributed by atoms with E-state index in [0.29, 0.717) is 10.0 Å². The zero-order valence-electron chi connectivity index (χ0n) is 30.4.